The summed E-state index contributed by atoms with van der Waals surface area (Å²) in [5.74, 6) is -0.308. The number of hydrogen-bond acceptors (Lipinski definition) is 4. The molecule has 3 rings (SSSR count). The minimum absolute atomic E-state index is 0.167. The van der Waals surface area contributed by atoms with Crippen molar-refractivity contribution in [3.8, 4) is 0 Å². The van der Waals surface area contributed by atoms with E-state index >= 15 is 0 Å². The van der Waals surface area contributed by atoms with Gasteiger partial charge in [0.15, 0.2) is 5.17 Å². The number of amidine groups is 1. The fourth-order valence-electron chi connectivity index (χ4n) is 2.37. The first-order chi connectivity index (χ1) is 12.8. The molecule has 0 bridgehead atoms. The summed E-state index contributed by atoms with van der Waals surface area (Å²) in [5, 5.41) is 10.8. The average molecular weight is 412 g/mol. The van der Waals surface area contributed by atoms with Crippen molar-refractivity contribution in [2.75, 3.05) is 0 Å². The van der Waals surface area contributed by atoms with Gasteiger partial charge in [-0.3, -0.25) is 4.79 Å². The average Bonchev–Trinajstić information content (AvgIpc) is 2.96. The van der Waals surface area contributed by atoms with E-state index in [1.54, 1.807) is 30.3 Å². The quantitative estimate of drug-likeness (QED) is 0.594. The van der Waals surface area contributed by atoms with Gasteiger partial charge in [-0.25, -0.2) is 0 Å². The predicted octanol–water partition coefficient (Wildman–Crippen LogP) is 4.52. The third kappa shape index (κ3) is 5.33. The molecule has 1 N–H and O–H groups in total. The van der Waals surface area contributed by atoms with E-state index in [4.69, 9.17) is 11.6 Å². The first-order valence-corrected chi connectivity index (χ1v) is 9.07. The molecule has 1 aliphatic heterocycles. The van der Waals surface area contributed by atoms with Crippen LogP contribution in [0.25, 0.3) is 0 Å². The van der Waals surface area contributed by atoms with Crippen LogP contribution in [0.3, 0.4) is 0 Å². The van der Waals surface area contributed by atoms with Crippen LogP contribution in [0.4, 0.5) is 13.2 Å². The van der Waals surface area contributed by atoms with Crippen molar-refractivity contribution in [3.63, 3.8) is 0 Å². The molecule has 140 valence electrons. The molecular formula is C18H13ClF3N3OS. The van der Waals surface area contributed by atoms with Gasteiger partial charge in [-0.1, -0.05) is 53.7 Å². The normalized spacial score (nSPS) is 19.0. The van der Waals surface area contributed by atoms with Gasteiger partial charge in [0.05, 0.1) is 17.0 Å². The Labute approximate surface area is 162 Å². The molecule has 2 aromatic carbocycles. The number of amides is 1. The van der Waals surface area contributed by atoms with Gasteiger partial charge in [-0.2, -0.15) is 18.3 Å². The number of alkyl halides is 3. The van der Waals surface area contributed by atoms with E-state index in [-0.39, 0.29) is 12.3 Å². The molecule has 9 heteroatoms. The highest BCUT2D eigenvalue weighted by Crippen LogP contribution is 2.31. The molecule has 4 nitrogen and oxygen atoms in total. The van der Waals surface area contributed by atoms with E-state index < -0.39 is 17.0 Å². The molecule has 0 radical (unpaired) electrons. The van der Waals surface area contributed by atoms with Crippen molar-refractivity contribution in [3.05, 3.63) is 70.2 Å². The second-order valence-electron chi connectivity index (χ2n) is 5.70. The summed E-state index contributed by atoms with van der Waals surface area (Å²) in [5.41, 5.74) is 0.492. The smallest absolute Gasteiger partial charge is 0.303 e. The summed E-state index contributed by atoms with van der Waals surface area (Å²) in [4.78, 5) is 12.0. The number of carbonyl (C=O) groups is 1. The zero-order chi connectivity index (χ0) is 19.4. The number of nitrogens with one attached hydrogen (secondary N) is 1. The Morgan fingerprint density at radius 2 is 1.93 bits per heavy atom. The lowest BCUT2D eigenvalue weighted by Crippen LogP contribution is -2.26. The zero-order valence-electron chi connectivity index (χ0n) is 13.7. The largest absolute Gasteiger partial charge is 0.416 e. The lowest BCUT2D eigenvalue weighted by atomic mass is 10.1. The van der Waals surface area contributed by atoms with Gasteiger partial charge in [-0.05, 0) is 35.7 Å². The third-order valence-electron chi connectivity index (χ3n) is 3.68. The number of halogens is 4. The summed E-state index contributed by atoms with van der Waals surface area (Å²) in [6.45, 7) is 0. The van der Waals surface area contributed by atoms with Crippen LogP contribution in [0, 0.1) is 0 Å². The fraction of sp³-hybridized carbons (Fsp3) is 0.167. The maximum atomic E-state index is 12.8. The van der Waals surface area contributed by atoms with Crippen molar-refractivity contribution in [1.82, 2.24) is 5.32 Å². The van der Waals surface area contributed by atoms with Gasteiger partial charge in [0.2, 0.25) is 5.91 Å². The first-order valence-electron chi connectivity index (χ1n) is 7.81. The second-order valence-corrected chi connectivity index (χ2v) is 7.33. The highest BCUT2D eigenvalue weighted by molar-refractivity contribution is 8.15. The number of hydrogen-bond donors (Lipinski definition) is 1. The van der Waals surface area contributed by atoms with E-state index in [9.17, 15) is 18.0 Å². The van der Waals surface area contributed by atoms with E-state index in [1.807, 2.05) is 0 Å². The van der Waals surface area contributed by atoms with Gasteiger partial charge in [-0.15, -0.1) is 5.10 Å². The monoisotopic (exact) mass is 411 g/mol. The van der Waals surface area contributed by atoms with Crippen LogP contribution in [0.5, 0.6) is 0 Å². The van der Waals surface area contributed by atoms with E-state index in [2.05, 4.69) is 15.5 Å². The van der Waals surface area contributed by atoms with Crippen molar-refractivity contribution < 1.29 is 18.0 Å². The summed E-state index contributed by atoms with van der Waals surface area (Å²) < 4.78 is 38.4. The van der Waals surface area contributed by atoms with Crippen LogP contribution in [0.15, 0.2) is 58.7 Å². The van der Waals surface area contributed by atoms with E-state index in [0.717, 1.165) is 29.5 Å². The Balaban J connectivity index is 1.64. The van der Waals surface area contributed by atoms with Crippen molar-refractivity contribution >= 4 is 40.7 Å². The van der Waals surface area contributed by atoms with Crippen molar-refractivity contribution in [1.29, 1.82) is 0 Å². The van der Waals surface area contributed by atoms with Gasteiger partial charge in [0.1, 0.15) is 0 Å². The number of benzene rings is 2. The van der Waals surface area contributed by atoms with Crippen LogP contribution in [-0.2, 0) is 17.4 Å². The van der Waals surface area contributed by atoms with Crippen LogP contribution in [0.2, 0.25) is 5.02 Å². The topological polar surface area (TPSA) is 53.8 Å². The Morgan fingerprint density at radius 1 is 1.19 bits per heavy atom. The van der Waals surface area contributed by atoms with Gasteiger partial charge in [0.25, 0.3) is 0 Å². The number of nitrogens with zero attached hydrogens (tertiary/aromatic N) is 2. The number of carbonyl (C=O) groups excluding carboxylic acids is 1. The summed E-state index contributed by atoms with van der Waals surface area (Å²) in [6, 6.07) is 11.9. The van der Waals surface area contributed by atoms with Gasteiger partial charge < -0.3 is 5.32 Å². The summed E-state index contributed by atoms with van der Waals surface area (Å²) >= 11 is 6.94. The van der Waals surface area contributed by atoms with Gasteiger partial charge >= 0.3 is 6.18 Å². The van der Waals surface area contributed by atoms with E-state index in [0.29, 0.717) is 15.8 Å². The standard InChI is InChI=1S/C18H13ClF3N3OS/c19-14-6-4-11(5-7-14)10-23-25-17-24-16(26)15(27-17)9-12-2-1-3-13(8-12)18(20,21)22/h1-8,10,15H,9H2,(H,24,25,26)/b23-10+/t15-/m1/s1. The molecule has 2 aromatic rings. The summed E-state index contributed by atoms with van der Waals surface area (Å²) in [7, 11) is 0. The predicted molar refractivity (Wildman–Crippen MR) is 101 cm³/mol. The van der Waals surface area contributed by atoms with Crippen LogP contribution >= 0.6 is 23.4 Å². The Kier molecular flexibility index (Phi) is 5.86. The van der Waals surface area contributed by atoms with Crippen LogP contribution in [-0.4, -0.2) is 22.5 Å². The minimum atomic E-state index is -4.41. The fourth-order valence-corrected chi connectivity index (χ4v) is 3.46. The Bertz CT molecular complexity index is 897. The van der Waals surface area contributed by atoms with Crippen LogP contribution < -0.4 is 5.32 Å². The molecule has 1 atom stereocenters. The van der Waals surface area contributed by atoms with Gasteiger partial charge in [0, 0.05) is 5.02 Å². The molecule has 0 aliphatic carbocycles. The highest BCUT2D eigenvalue weighted by atomic mass is 35.5. The molecular weight excluding hydrogens is 399 g/mol. The highest BCUT2D eigenvalue weighted by Gasteiger charge is 2.33. The molecule has 1 fully saturated rings. The molecule has 1 saturated heterocycles. The Hall–Kier alpha value is -2.32. The molecule has 0 aromatic heterocycles. The molecule has 0 spiro atoms. The third-order valence-corrected chi connectivity index (χ3v) is 5.00. The molecule has 27 heavy (non-hydrogen) atoms. The zero-order valence-corrected chi connectivity index (χ0v) is 15.3. The summed E-state index contributed by atoms with van der Waals surface area (Å²) in [6.07, 6.45) is -2.74. The molecule has 0 unspecified atom stereocenters. The second kappa shape index (κ2) is 8.14. The van der Waals surface area contributed by atoms with Crippen LogP contribution in [0.1, 0.15) is 16.7 Å². The SMILES string of the molecule is O=C1N/C(=N\N=C\c2ccc(Cl)cc2)S[C@@H]1Cc1cccc(C(F)(F)F)c1. The lowest BCUT2D eigenvalue weighted by molar-refractivity contribution is -0.137. The van der Waals surface area contributed by atoms with E-state index in [1.165, 1.54) is 12.3 Å². The maximum absolute atomic E-state index is 12.8. The molecule has 1 aliphatic rings. The number of thioether (sulfide) groups is 1. The molecule has 1 amide bonds. The maximum Gasteiger partial charge on any atom is 0.416 e. The molecule has 1 heterocycles. The first kappa shape index (κ1) is 19.4. The minimum Gasteiger partial charge on any atom is -0.303 e. The Morgan fingerprint density at radius 3 is 2.63 bits per heavy atom. The molecule has 0 saturated carbocycles. The van der Waals surface area contributed by atoms with Crippen molar-refractivity contribution in [2.24, 2.45) is 10.2 Å². The number of rotatable bonds is 4. The lowest BCUT2D eigenvalue weighted by Gasteiger charge is -2.10. The van der Waals surface area contributed by atoms with Crippen molar-refractivity contribution in [2.45, 2.75) is 17.8 Å².